The molecule has 0 N–H and O–H groups in total. The van der Waals surface area contributed by atoms with Crippen molar-refractivity contribution >= 4 is 33.2 Å². The minimum atomic E-state index is -0.643. The van der Waals surface area contributed by atoms with Gasteiger partial charge in [0, 0.05) is 6.07 Å². The van der Waals surface area contributed by atoms with Gasteiger partial charge in [-0.05, 0) is 40.2 Å². The Kier molecular flexibility index (Phi) is 3.96. The summed E-state index contributed by atoms with van der Waals surface area (Å²) in [5.41, 5.74) is -0.333. The molecule has 0 saturated heterocycles. The molecule has 0 unspecified atom stereocenters. The highest BCUT2D eigenvalue weighted by Crippen LogP contribution is 2.34. The number of hydrogen-bond acceptors (Lipinski definition) is 4. The predicted molar refractivity (Wildman–Crippen MR) is 70.1 cm³/mol. The van der Waals surface area contributed by atoms with E-state index in [9.17, 15) is 14.5 Å². The van der Waals surface area contributed by atoms with Crippen molar-refractivity contribution in [3.63, 3.8) is 0 Å². The van der Waals surface area contributed by atoms with E-state index in [1.807, 2.05) is 0 Å². The fourth-order valence-corrected chi connectivity index (χ4v) is 1.86. The lowest BCUT2D eigenvalue weighted by atomic mass is 10.3. The standard InChI is InChI=1S/C11H5BrClFN2O3/c12-7-5-6(14)1-3-9(7)19-11-8(16(17)18)2-4-10(13)15-11/h1-5H. The van der Waals surface area contributed by atoms with Gasteiger partial charge in [0.25, 0.3) is 0 Å². The zero-order chi connectivity index (χ0) is 14.0. The molecule has 0 aliphatic carbocycles. The second kappa shape index (κ2) is 5.50. The van der Waals surface area contributed by atoms with E-state index in [1.165, 1.54) is 24.3 Å². The molecule has 0 saturated carbocycles. The van der Waals surface area contributed by atoms with Crippen molar-refractivity contribution in [2.75, 3.05) is 0 Å². The largest absolute Gasteiger partial charge is 0.432 e. The minimum Gasteiger partial charge on any atom is -0.432 e. The monoisotopic (exact) mass is 346 g/mol. The fourth-order valence-electron chi connectivity index (χ4n) is 1.29. The van der Waals surface area contributed by atoms with E-state index in [4.69, 9.17) is 16.3 Å². The first kappa shape index (κ1) is 13.7. The summed E-state index contributed by atoms with van der Waals surface area (Å²) in [6.45, 7) is 0. The molecule has 1 heterocycles. The topological polar surface area (TPSA) is 65.3 Å². The number of rotatable bonds is 3. The SMILES string of the molecule is O=[N+]([O-])c1ccc(Cl)nc1Oc1ccc(F)cc1Br. The number of pyridine rings is 1. The molecule has 0 bridgehead atoms. The van der Waals surface area contributed by atoms with Crippen LogP contribution in [0.2, 0.25) is 5.15 Å². The number of ether oxygens (including phenoxy) is 1. The maximum Gasteiger partial charge on any atom is 0.331 e. The Hall–Kier alpha value is -1.73. The molecule has 0 radical (unpaired) electrons. The van der Waals surface area contributed by atoms with Crippen molar-refractivity contribution < 1.29 is 14.1 Å². The normalized spacial score (nSPS) is 10.3. The van der Waals surface area contributed by atoms with E-state index in [0.29, 0.717) is 4.47 Å². The van der Waals surface area contributed by atoms with E-state index >= 15 is 0 Å². The Balaban J connectivity index is 2.42. The van der Waals surface area contributed by atoms with Gasteiger partial charge in [-0.2, -0.15) is 4.98 Å². The van der Waals surface area contributed by atoms with Gasteiger partial charge in [-0.25, -0.2) is 4.39 Å². The zero-order valence-electron chi connectivity index (χ0n) is 9.14. The summed E-state index contributed by atoms with van der Waals surface area (Å²) in [5.74, 6) is -0.531. The van der Waals surface area contributed by atoms with Gasteiger partial charge in [0.15, 0.2) is 0 Å². The van der Waals surface area contributed by atoms with E-state index in [1.54, 1.807) is 0 Å². The number of halogens is 3. The summed E-state index contributed by atoms with van der Waals surface area (Å²) in [6, 6.07) is 6.13. The first-order valence-corrected chi connectivity index (χ1v) is 6.08. The van der Waals surface area contributed by atoms with Gasteiger partial charge in [-0.15, -0.1) is 0 Å². The summed E-state index contributed by atoms with van der Waals surface area (Å²) >= 11 is 8.76. The number of hydrogen-bond donors (Lipinski definition) is 0. The third-order valence-corrected chi connectivity index (χ3v) is 2.93. The van der Waals surface area contributed by atoms with Crippen LogP contribution in [-0.4, -0.2) is 9.91 Å². The lowest BCUT2D eigenvalue weighted by molar-refractivity contribution is -0.386. The molecule has 0 spiro atoms. The van der Waals surface area contributed by atoms with Crippen molar-refractivity contribution in [1.82, 2.24) is 4.98 Å². The molecule has 0 atom stereocenters. The van der Waals surface area contributed by atoms with Crippen LogP contribution in [0.1, 0.15) is 0 Å². The molecule has 0 aliphatic rings. The van der Waals surface area contributed by atoms with Gasteiger partial charge in [0.2, 0.25) is 0 Å². The molecule has 19 heavy (non-hydrogen) atoms. The van der Waals surface area contributed by atoms with Crippen molar-refractivity contribution in [3.05, 3.63) is 55.9 Å². The minimum absolute atomic E-state index is 0.0545. The number of nitrogens with zero attached hydrogens (tertiary/aromatic N) is 2. The molecule has 0 aliphatic heterocycles. The van der Waals surface area contributed by atoms with Crippen LogP contribution in [0.5, 0.6) is 11.6 Å². The average Bonchev–Trinajstić information content (AvgIpc) is 2.32. The highest BCUT2D eigenvalue weighted by atomic mass is 79.9. The van der Waals surface area contributed by atoms with Crippen LogP contribution in [0.15, 0.2) is 34.8 Å². The number of aromatic nitrogens is 1. The molecule has 0 amide bonds. The summed E-state index contributed by atoms with van der Waals surface area (Å²) in [7, 11) is 0. The summed E-state index contributed by atoms with van der Waals surface area (Å²) < 4.78 is 18.5. The van der Waals surface area contributed by atoms with Gasteiger partial charge < -0.3 is 4.74 Å². The lowest BCUT2D eigenvalue weighted by Crippen LogP contribution is -1.96. The van der Waals surface area contributed by atoms with Crippen LogP contribution in [-0.2, 0) is 0 Å². The Morgan fingerprint density at radius 2 is 2.11 bits per heavy atom. The maximum atomic E-state index is 12.9. The van der Waals surface area contributed by atoms with Gasteiger partial charge in [0.05, 0.1) is 9.40 Å². The van der Waals surface area contributed by atoms with E-state index < -0.39 is 10.7 Å². The molecule has 1 aromatic heterocycles. The summed E-state index contributed by atoms with van der Waals surface area (Å²) in [5, 5.41) is 10.9. The van der Waals surface area contributed by atoms with Crippen molar-refractivity contribution in [2.24, 2.45) is 0 Å². The molecule has 2 rings (SSSR count). The molecule has 1 aromatic carbocycles. The average molecular weight is 348 g/mol. The molecule has 5 nitrogen and oxygen atoms in total. The van der Waals surface area contributed by atoms with Crippen molar-refractivity contribution in [3.8, 4) is 11.6 Å². The lowest BCUT2D eigenvalue weighted by Gasteiger charge is -2.07. The third kappa shape index (κ3) is 3.18. The van der Waals surface area contributed by atoms with Crippen LogP contribution < -0.4 is 4.74 Å². The highest BCUT2D eigenvalue weighted by Gasteiger charge is 2.19. The van der Waals surface area contributed by atoms with Gasteiger partial charge in [-0.3, -0.25) is 10.1 Å². The summed E-state index contributed by atoms with van der Waals surface area (Å²) in [4.78, 5) is 13.9. The zero-order valence-corrected chi connectivity index (χ0v) is 11.5. The van der Waals surface area contributed by atoms with E-state index in [0.717, 1.165) is 6.07 Å². The van der Waals surface area contributed by atoms with Crippen molar-refractivity contribution in [2.45, 2.75) is 0 Å². The molecule has 8 heteroatoms. The molecular formula is C11H5BrClFN2O3. The van der Waals surface area contributed by atoms with Gasteiger partial charge in [0.1, 0.15) is 16.7 Å². The predicted octanol–water partition coefficient (Wildman–Crippen LogP) is 4.34. The quantitative estimate of drug-likeness (QED) is 0.471. The van der Waals surface area contributed by atoms with Gasteiger partial charge in [-0.1, -0.05) is 11.6 Å². The second-order valence-corrected chi connectivity index (χ2v) is 4.63. The highest BCUT2D eigenvalue weighted by molar-refractivity contribution is 9.10. The molecule has 98 valence electrons. The smallest absolute Gasteiger partial charge is 0.331 e. The number of benzene rings is 1. The Labute approximate surface area is 120 Å². The van der Waals surface area contributed by atoms with Crippen LogP contribution >= 0.6 is 27.5 Å². The van der Waals surface area contributed by atoms with Crippen LogP contribution in [0, 0.1) is 15.9 Å². The number of nitro groups is 1. The Bertz CT molecular complexity index is 654. The Morgan fingerprint density at radius 1 is 1.37 bits per heavy atom. The third-order valence-electron chi connectivity index (χ3n) is 2.10. The van der Waals surface area contributed by atoms with E-state index in [2.05, 4.69) is 20.9 Å². The first-order valence-electron chi connectivity index (χ1n) is 4.91. The van der Waals surface area contributed by atoms with Crippen molar-refractivity contribution in [1.29, 1.82) is 0 Å². The molecular weight excluding hydrogens is 342 g/mol. The summed E-state index contributed by atoms with van der Waals surface area (Å²) in [6.07, 6.45) is 0. The van der Waals surface area contributed by atoms with E-state index in [-0.39, 0.29) is 22.5 Å². The van der Waals surface area contributed by atoms with Gasteiger partial charge >= 0.3 is 11.6 Å². The fraction of sp³-hybridized carbons (Fsp3) is 0. The second-order valence-electron chi connectivity index (χ2n) is 3.39. The Morgan fingerprint density at radius 3 is 2.74 bits per heavy atom. The van der Waals surface area contributed by atoms with Crippen LogP contribution in [0.25, 0.3) is 0 Å². The van der Waals surface area contributed by atoms with Crippen LogP contribution in [0.4, 0.5) is 10.1 Å². The molecule has 2 aromatic rings. The van der Waals surface area contributed by atoms with Crippen LogP contribution in [0.3, 0.4) is 0 Å². The maximum absolute atomic E-state index is 12.9. The first-order chi connectivity index (χ1) is 8.97. The molecule has 0 fully saturated rings.